The van der Waals surface area contributed by atoms with E-state index in [1.165, 1.54) is 18.3 Å². The third-order valence-corrected chi connectivity index (χ3v) is 9.09. The number of benzene rings is 3. The number of aromatic nitrogens is 3. The molecule has 1 atom stereocenters. The summed E-state index contributed by atoms with van der Waals surface area (Å²) in [7, 11) is -4.59. The van der Waals surface area contributed by atoms with Crippen LogP contribution in [0.25, 0.3) is 22.3 Å². The van der Waals surface area contributed by atoms with Crippen molar-refractivity contribution in [3.63, 3.8) is 0 Å². The van der Waals surface area contributed by atoms with Crippen LogP contribution in [0.5, 0.6) is 17.2 Å². The number of fused-ring (bicyclic) bond motifs is 2. The van der Waals surface area contributed by atoms with Crippen LogP contribution in [0.3, 0.4) is 0 Å². The molecule has 10 nitrogen and oxygen atoms in total. The Morgan fingerprint density at radius 2 is 1.96 bits per heavy atom. The first-order chi connectivity index (χ1) is 21.9. The van der Waals surface area contributed by atoms with E-state index in [1.54, 1.807) is 13.1 Å². The van der Waals surface area contributed by atoms with Crippen LogP contribution in [-0.4, -0.2) is 42.6 Å². The Labute approximate surface area is 261 Å². The van der Waals surface area contributed by atoms with Gasteiger partial charge in [-0.2, -0.15) is 4.39 Å². The SMILES string of the molecule is CCOC(=O)CCc1cccc2c1OCCC2(C)c1cnc(-c2cc(Oc3c(F)c(F)c4[nH]ccc4c3S(N)(=O)=O)ccc2F)[nH]1. The topological polar surface area (TPSA) is 149 Å². The van der Waals surface area contributed by atoms with Crippen LogP contribution in [-0.2, 0) is 31.4 Å². The molecule has 3 heterocycles. The Bertz CT molecular complexity index is 2090. The van der Waals surface area contributed by atoms with Crippen LogP contribution >= 0.6 is 0 Å². The maximum absolute atomic E-state index is 15.2. The van der Waals surface area contributed by atoms with Gasteiger partial charge in [-0.05, 0) is 56.5 Å². The van der Waals surface area contributed by atoms with Gasteiger partial charge in [0, 0.05) is 40.9 Å². The van der Waals surface area contributed by atoms with E-state index < -0.39 is 49.1 Å². The zero-order valence-electron chi connectivity index (χ0n) is 24.7. The number of nitrogens with zero attached hydrogens (tertiary/aromatic N) is 1. The summed E-state index contributed by atoms with van der Waals surface area (Å²) in [5.74, 6) is -4.33. The first-order valence-electron chi connectivity index (χ1n) is 14.4. The number of nitrogens with two attached hydrogens (primary N) is 1. The molecule has 46 heavy (non-hydrogen) atoms. The molecule has 3 aromatic carbocycles. The highest BCUT2D eigenvalue weighted by atomic mass is 32.2. The Morgan fingerprint density at radius 1 is 1.15 bits per heavy atom. The second kappa shape index (κ2) is 11.8. The van der Waals surface area contributed by atoms with Crippen molar-refractivity contribution < 1.29 is 40.6 Å². The van der Waals surface area contributed by atoms with E-state index >= 15 is 8.78 Å². The van der Waals surface area contributed by atoms with E-state index in [4.69, 9.17) is 19.3 Å². The molecular formula is C32H29F3N4O6S. The number of primary sulfonamides is 1. The molecule has 0 spiro atoms. The average Bonchev–Trinajstić information content (AvgIpc) is 3.71. The van der Waals surface area contributed by atoms with Gasteiger partial charge in [0.2, 0.25) is 15.8 Å². The van der Waals surface area contributed by atoms with Crippen molar-refractivity contribution in [1.29, 1.82) is 0 Å². The molecule has 0 saturated carbocycles. The first kappa shape index (κ1) is 31.2. The van der Waals surface area contributed by atoms with Gasteiger partial charge in [0.15, 0.2) is 11.6 Å². The third-order valence-electron chi connectivity index (χ3n) is 8.12. The summed E-state index contributed by atoms with van der Waals surface area (Å²) in [6, 6.07) is 10.3. The monoisotopic (exact) mass is 654 g/mol. The smallest absolute Gasteiger partial charge is 0.306 e. The number of rotatable bonds is 9. The predicted octanol–water partition coefficient (Wildman–Crippen LogP) is 6.00. The molecule has 5 aromatic rings. The lowest BCUT2D eigenvalue weighted by molar-refractivity contribution is -0.143. The van der Waals surface area contributed by atoms with Gasteiger partial charge in [0.1, 0.15) is 28.0 Å². The maximum atomic E-state index is 15.2. The number of nitrogens with one attached hydrogen (secondary N) is 2. The summed E-state index contributed by atoms with van der Waals surface area (Å²) in [6.45, 7) is 4.43. The fourth-order valence-corrected chi connectivity index (χ4v) is 6.65. The third kappa shape index (κ3) is 5.47. The van der Waals surface area contributed by atoms with Gasteiger partial charge in [0.05, 0.1) is 24.3 Å². The number of carbonyl (C=O) groups excluding carboxylic acids is 1. The Hall–Kier alpha value is -4.82. The van der Waals surface area contributed by atoms with Gasteiger partial charge >= 0.3 is 5.97 Å². The summed E-state index contributed by atoms with van der Waals surface area (Å²) < 4.78 is 86.7. The number of imidazole rings is 1. The lowest BCUT2D eigenvalue weighted by atomic mass is 9.74. The minimum absolute atomic E-state index is 0.0661. The number of halogens is 3. The second-order valence-electron chi connectivity index (χ2n) is 11.0. The van der Waals surface area contributed by atoms with Gasteiger partial charge in [-0.3, -0.25) is 4.79 Å². The number of aryl methyl sites for hydroxylation is 1. The molecule has 6 rings (SSSR count). The van der Waals surface area contributed by atoms with Crippen molar-refractivity contribution in [3.8, 4) is 28.6 Å². The highest BCUT2D eigenvalue weighted by molar-refractivity contribution is 7.89. The Morgan fingerprint density at radius 3 is 2.72 bits per heavy atom. The zero-order chi connectivity index (χ0) is 32.8. The molecule has 2 aromatic heterocycles. The molecule has 0 amide bonds. The minimum atomic E-state index is -4.59. The predicted molar refractivity (Wildman–Crippen MR) is 162 cm³/mol. The zero-order valence-corrected chi connectivity index (χ0v) is 25.6. The summed E-state index contributed by atoms with van der Waals surface area (Å²) in [6.07, 6.45) is 4.01. The highest BCUT2D eigenvalue weighted by Crippen LogP contribution is 2.45. The van der Waals surface area contributed by atoms with Gasteiger partial charge < -0.3 is 24.2 Å². The van der Waals surface area contributed by atoms with E-state index in [-0.39, 0.29) is 34.9 Å². The summed E-state index contributed by atoms with van der Waals surface area (Å²) in [5, 5.41) is 5.15. The lowest BCUT2D eigenvalue weighted by Crippen LogP contribution is -2.32. The van der Waals surface area contributed by atoms with Crippen LogP contribution < -0.4 is 14.6 Å². The number of ether oxygens (including phenoxy) is 3. The lowest BCUT2D eigenvalue weighted by Gasteiger charge is -2.36. The molecule has 0 saturated heterocycles. The molecule has 1 aliphatic rings. The van der Waals surface area contributed by atoms with Crippen LogP contribution in [0.15, 0.2) is 59.8 Å². The molecule has 0 aliphatic carbocycles. The summed E-state index contributed by atoms with van der Waals surface area (Å²) >= 11 is 0. The first-order valence-corrected chi connectivity index (χ1v) is 15.9. The molecular weight excluding hydrogens is 625 g/mol. The summed E-state index contributed by atoms with van der Waals surface area (Å²) in [4.78, 5) is 21.3. The van der Waals surface area contributed by atoms with Crippen molar-refractivity contribution in [2.45, 2.75) is 43.4 Å². The van der Waals surface area contributed by atoms with Crippen LogP contribution in [0, 0.1) is 17.5 Å². The number of H-pyrrole nitrogens is 2. The largest absolute Gasteiger partial charge is 0.493 e. The molecule has 14 heteroatoms. The Balaban J connectivity index is 1.35. The van der Waals surface area contributed by atoms with Crippen LogP contribution in [0.1, 0.15) is 43.5 Å². The molecule has 240 valence electrons. The van der Waals surface area contributed by atoms with Crippen molar-refractivity contribution in [2.24, 2.45) is 5.14 Å². The van der Waals surface area contributed by atoms with E-state index in [2.05, 4.69) is 15.0 Å². The molecule has 4 N–H and O–H groups in total. The fraction of sp³-hybridized carbons (Fsp3) is 0.250. The second-order valence-corrected chi connectivity index (χ2v) is 12.5. The Kier molecular flexibility index (Phi) is 8.02. The minimum Gasteiger partial charge on any atom is -0.493 e. The van der Waals surface area contributed by atoms with E-state index in [0.717, 1.165) is 23.3 Å². The van der Waals surface area contributed by atoms with E-state index in [0.29, 0.717) is 37.5 Å². The summed E-state index contributed by atoms with van der Waals surface area (Å²) in [5.41, 5.74) is 1.28. The van der Waals surface area contributed by atoms with E-state index in [1.807, 2.05) is 25.1 Å². The molecule has 0 bridgehead atoms. The van der Waals surface area contributed by atoms with Crippen molar-refractivity contribution in [2.75, 3.05) is 13.2 Å². The van der Waals surface area contributed by atoms with Gasteiger partial charge in [0.25, 0.3) is 0 Å². The number of para-hydroxylation sites is 1. The van der Waals surface area contributed by atoms with Gasteiger partial charge in [-0.1, -0.05) is 18.2 Å². The highest BCUT2D eigenvalue weighted by Gasteiger charge is 2.38. The fourth-order valence-electron chi connectivity index (χ4n) is 5.78. The molecule has 0 radical (unpaired) electrons. The van der Waals surface area contributed by atoms with Crippen molar-refractivity contribution >= 4 is 26.9 Å². The number of carbonyl (C=O) groups is 1. The number of sulfonamides is 1. The quantitative estimate of drug-likeness (QED) is 0.165. The van der Waals surface area contributed by atoms with Crippen LogP contribution in [0.4, 0.5) is 13.2 Å². The standard InChI is InChI=1S/C32H29F3N4O6S/c1-3-43-24(40)10-7-17-5-4-6-21-28(17)44-14-12-32(21,2)23-16-38-31(39-23)20-15-18(8-9-22(20)33)45-29-26(35)25(34)27-19(11-13-37-27)30(29)46(36,41)42/h4-6,8-9,11,13,15-16,37H,3,7,10,12,14H2,1-2H3,(H,38,39)(H2,36,41,42). The van der Waals surface area contributed by atoms with Crippen molar-refractivity contribution in [1.82, 2.24) is 15.0 Å². The van der Waals surface area contributed by atoms with Gasteiger partial charge in [-0.25, -0.2) is 27.3 Å². The molecule has 1 unspecified atom stereocenters. The molecule has 1 aliphatic heterocycles. The van der Waals surface area contributed by atoms with Gasteiger partial charge in [-0.15, -0.1) is 0 Å². The number of esters is 1. The maximum Gasteiger partial charge on any atom is 0.306 e. The van der Waals surface area contributed by atoms with E-state index in [9.17, 15) is 17.6 Å². The average molecular weight is 655 g/mol. The van der Waals surface area contributed by atoms with Crippen molar-refractivity contribution in [3.05, 3.63) is 89.1 Å². The van der Waals surface area contributed by atoms with Crippen LogP contribution in [0.2, 0.25) is 0 Å². The normalized spacial score (nSPS) is 16.2. The molecule has 0 fully saturated rings. The number of aromatic amines is 2. The number of hydrogen-bond acceptors (Lipinski definition) is 7. The number of hydrogen-bond donors (Lipinski definition) is 3.